The first kappa shape index (κ1) is 25.4. The van der Waals surface area contributed by atoms with Crippen molar-refractivity contribution in [2.45, 2.75) is 56.6 Å². The van der Waals surface area contributed by atoms with Crippen LogP contribution in [-0.2, 0) is 27.1 Å². The molecule has 3 aliphatic heterocycles. The molecule has 1 amide bonds. The van der Waals surface area contributed by atoms with Crippen molar-refractivity contribution in [1.82, 2.24) is 4.90 Å². The summed E-state index contributed by atoms with van der Waals surface area (Å²) in [4.78, 5) is 18.3. The Kier molecular flexibility index (Phi) is 5.89. The average molecular weight is 541 g/mol. The molecule has 1 spiro atoms. The van der Waals surface area contributed by atoms with Crippen LogP contribution in [0, 0.1) is 0 Å². The summed E-state index contributed by atoms with van der Waals surface area (Å²) in [7, 11) is 0. The molecule has 5 rings (SSSR count). The highest BCUT2D eigenvalue weighted by molar-refractivity contribution is 6.34. The van der Waals surface area contributed by atoms with E-state index in [1.165, 1.54) is 18.2 Å². The van der Waals surface area contributed by atoms with E-state index in [1.807, 2.05) is 32.9 Å². The quantitative estimate of drug-likeness (QED) is 0.427. The maximum absolute atomic E-state index is 14.4. The molecular weight excluding hydrogens is 516 g/mol. The number of hydrogen-bond donors (Lipinski definition) is 0. The molecule has 0 radical (unpaired) electrons. The molecule has 3 aliphatic rings. The summed E-state index contributed by atoms with van der Waals surface area (Å²) in [6.45, 7) is 6.03. The molecule has 5 nitrogen and oxygen atoms in total. The van der Waals surface area contributed by atoms with Gasteiger partial charge >= 0.3 is 12.3 Å². The molecule has 0 aromatic heterocycles. The summed E-state index contributed by atoms with van der Waals surface area (Å²) in [5, 5.41) is 0.297. The van der Waals surface area contributed by atoms with Crippen LogP contribution in [0.4, 0.5) is 18.0 Å². The van der Waals surface area contributed by atoms with Gasteiger partial charge in [0.05, 0.1) is 26.2 Å². The second kappa shape index (κ2) is 8.36. The maximum Gasteiger partial charge on any atom is 0.410 e. The number of amides is 1. The number of halogens is 5. The Labute approximate surface area is 217 Å². The van der Waals surface area contributed by atoms with Gasteiger partial charge in [-0.05, 0) is 67.3 Å². The Morgan fingerprint density at radius 1 is 1.08 bits per heavy atom. The molecule has 0 aliphatic carbocycles. The van der Waals surface area contributed by atoms with Crippen molar-refractivity contribution < 1.29 is 27.4 Å². The van der Waals surface area contributed by atoms with Crippen molar-refractivity contribution in [3.8, 4) is 0 Å². The van der Waals surface area contributed by atoms with Crippen molar-refractivity contribution in [2.75, 3.05) is 19.6 Å². The molecule has 1 fully saturated rings. The number of rotatable bonds is 2. The van der Waals surface area contributed by atoms with Crippen molar-refractivity contribution >= 4 is 35.0 Å². The Hall–Kier alpha value is -2.29. The van der Waals surface area contributed by atoms with Gasteiger partial charge in [-0.25, -0.2) is 4.79 Å². The van der Waals surface area contributed by atoms with Crippen LogP contribution in [0.2, 0.25) is 10.0 Å². The summed E-state index contributed by atoms with van der Waals surface area (Å²) in [6.07, 6.45) is -5.26. The second-order valence-corrected chi connectivity index (χ2v) is 11.5. The molecule has 3 heterocycles. The van der Waals surface area contributed by atoms with Gasteiger partial charge in [-0.15, -0.1) is 0 Å². The van der Waals surface area contributed by atoms with Crippen LogP contribution < -0.4 is 0 Å². The number of hydrogen-bond acceptors (Lipinski definition) is 4. The summed E-state index contributed by atoms with van der Waals surface area (Å²) in [5.74, 6) is 0. The fourth-order valence-electron chi connectivity index (χ4n) is 5.12. The van der Waals surface area contributed by atoms with Gasteiger partial charge in [0.25, 0.3) is 0 Å². The standard InChI is InChI=1S/C26H25Cl2F3N2O3/c1-23(2,3)36-22(34)33-13-25(14-33)20-5-4-15(6-16(20)11-35-25)21-10-24(12-32-21,26(29,30)31)17-7-18(27)9-19(28)8-17/h4-9H,10-14H2,1-3H3. The van der Waals surface area contributed by atoms with Crippen LogP contribution in [0.3, 0.4) is 0 Å². The number of benzene rings is 2. The summed E-state index contributed by atoms with van der Waals surface area (Å²) < 4.78 is 54.7. The smallest absolute Gasteiger partial charge is 0.410 e. The SMILES string of the molecule is CC(C)(C)OC(=O)N1CC2(C1)OCc1cc(C3=NCC(c4cc(Cl)cc(Cl)c4)(C(F)(F)F)C3)ccc12. The Morgan fingerprint density at radius 2 is 1.75 bits per heavy atom. The number of likely N-dealkylation sites (tertiary alicyclic amines) is 1. The predicted octanol–water partition coefficient (Wildman–Crippen LogP) is 6.66. The van der Waals surface area contributed by atoms with Crippen molar-refractivity contribution in [2.24, 2.45) is 4.99 Å². The lowest BCUT2D eigenvalue weighted by Crippen LogP contribution is -2.61. The zero-order chi connectivity index (χ0) is 26.1. The van der Waals surface area contributed by atoms with Crippen molar-refractivity contribution in [3.05, 3.63) is 68.7 Å². The van der Waals surface area contributed by atoms with Crippen molar-refractivity contribution in [1.29, 1.82) is 0 Å². The number of aliphatic imine (C=N–C) groups is 1. The molecule has 192 valence electrons. The van der Waals surface area contributed by atoms with E-state index in [0.717, 1.165) is 11.1 Å². The Balaban J connectivity index is 1.37. The van der Waals surface area contributed by atoms with Crippen LogP contribution in [0.5, 0.6) is 0 Å². The van der Waals surface area contributed by atoms with Crippen LogP contribution in [0.15, 0.2) is 41.4 Å². The highest BCUT2D eigenvalue weighted by Crippen LogP contribution is 2.49. The fourth-order valence-corrected chi connectivity index (χ4v) is 5.64. The summed E-state index contributed by atoms with van der Waals surface area (Å²) in [5.41, 5.74) is -0.583. The van der Waals surface area contributed by atoms with Gasteiger partial charge in [-0.3, -0.25) is 4.99 Å². The largest absolute Gasteiger partial charge is 0.444 e. The molecule has 0 N–H and O–H groups in total. The first-order valence-electron chi connectivity index (χ1n) is 11.5. The van der Waals surface area contributed by atoms with Gasteiger partial charge in [0.15, 0.2) is 0 Å². The second-order valence-electron chi connectivity index (χ2n) is 10.7. The van der Waals surface area contributed by atoms with Gasteiger partial charge < -0.3 is 14.4 Å². The predicted molar refractivity (Wildman–Crippen MR) is 131 cm³/mol. The molecule has 1 atom stereocenters. The van der Waals surface area contributed by atoms with Gasteiger partial charge in [-0.2, -0.15) is 13.2 Å². The molecule has 36 heavy (non-hydrogen) atoms. The molecule has 2 aromatic carbocycles. The van der Waals surface area contributed by atoms with E-state index in [9.17, 15) is 18.0 Å². The normalized spacial score (nSPS) is 22.9. The molecule has 0 bridgehead atoms. The maximum atomic E-state index is 14.4. The zero-order valence-electron chi connectivity index (χ0n) is 20.0. The lowest BCUT2D eigenvalue weighted by Gasteiger charge is -2.47. The van der Waals surface area contributed by atoms with E-state index >= 15 is 0 Å². The fraction of sp³-hybridized carbons (Fsp3) is 0.462. The van der Waals surface area contributed by atoms with Crippen LogP contribution >= 0.6 is 23.2 Å². The zero-order valence-corrected chi connectivity index (χ0v) is 21.5. The number of carbonyl (C=O) groups excluding carboxylic acids is 1. The van der Waals surface area contributed by atoms with E-state index in [4.69, 9.17) is 32.7 Å². The van der Waals surface area contributed by atoms with Gasteiger partial charge in [0.1, 0.15) is 16.6 Å². The first-order chi connectivity index (χ1) is 16.7. The Morgan fingerprint density at radius 3 is 2.36 bits per heavy atom. The molecule has 2 aromatic rings. The summed E-state index contributed by atoms with van der Waals surface area (Å²) in [6, 6.07) is 9.53. The van der Waals surface area contributed by atoms with E-state index in [-0.39, 0.29) is 22.0 Å². The monoisotopic (exact) mass is 540 g/mol. The lowest BCUT2D eigenvalue weighted by atomic mass is 9.76. The average Bonchev–Trinajstić information content (AvgIpc) is 3.33. The van der Waals surface area contributed by atoms with Crippen LogP contribution in [-0.4, -0.2) is 48.1 Å². The first-order valence-corrected chi connectivity index (χ1v) is 12.3. The number of fused-ring (bicyclic) bond motifs is 2. The minimum Gasteiger partial charge on any atom is -0.444 e. The van der Waals surface area contributed by atoms with E-state index in [0.29, 0.717) is 31.0 Å². The van der Waals surface area contributed by atoms with E-state index in [2.05, 4.69) is 4.99 Å². The number of alkyl halides is 3. The van der Waals surface area contributed by atoms with Crippen molar-refractivity contribution in [3.63, 3.8) is 0 Å². The van der Waals surface area contributed by atoms with Crippen LogP contribution in [0.1, 0.15) is 49.4 Å². The summed E-state index contributed by atoms with van der Waals surface area (Å²) >= 11 is 12.1. The highest BCUT2D eigenvalue weighted by Gasteiger charge is 2.59. The third-order valence-corrected chi connectivity index (χ3v) is 7.38. The van der Waals surface area contributed by atoms with Crippen LogP contribution in [0.25, 0.3) is 0 Å². The van der Waals surface area contributed by atoms with E-state index < -0.39 is 35.4 Å². The third kappa shape index (κ3) is 4.27. The number of carbonyl (C=O) groups is 1. The lowest BCUT2D eigenvalue weighted by molar-refractivity contribution is -0.183. The van der Waals surface area contributed by atoms with Gasteiger partial charge in [0.2, 0.25) is 0 Å². The number of nitrogens with zero attached hydrogens (tertiary/aromatic N) is 2. The highest BCUT2D eigenvalue weighted by atomic mass is 35.5. The molecule has 0 saturated carbocycles. The third-order valence-electron chi connectivity index (χ3n) is 6.94. The molecule has 1 saturated heterocycles. The molecular formula is C26H25Cl2F3N2O3. The topological polar surface area (TPSA) is 51.1 Å². The van der Waals surface area contributed by atoms with Gasteiger partial charge in [0, 0.05) is 22.2 Å². The molecule has 10 heteroatoms. The minimum absolute atomic E-state index is 0.00592. The minimum atomic E-state index is -4.55. The van der Waals surface area contributed by atoms with E-state index in [1.54, 1.807) is 11.0 Å². The van der Waals surface area contributed by atoms with Gasteiger partial charge in [-0.1, -0.05) is 35.3 Å². The molecule has 1 unspecified atom stereocenters. The Bertz CT molecular complexity index is 1250. The number of ether oxygens (including phenoxy) is 2.